The first-order valence-electron chi connectivity index (χ1n) is 5.89. The van der Waals surface area contributed by atoms with E-state index in [1.807, 2.05) is 7.05 Å². The molecular weight excluding hydrogens is 233 g/mol. The number of halogens is 1. The number of hydrogen-bond acceptors (Lipinski definition) is 2. The predicted molar refractivity (Wildman–Crippen MR) is 69.1 cm³/mol. The molecule has 1 rings (SSSR count). The van der Waals surface area contributed by atoms with E-state index in [1.165, 1.54) is 12.1 Å². The van der Waals surface area contributed by atoms with E-state index in [-0.39, 0.29) is 11.0 Å². The second kappa shape index (κ2) is 5.48. The Bertz CT molecular complexity index is 438. The van der Waals surface area contributed by atoms with Crippen LogP contribution in [0, 0.1) is 11.2 Å². The van der Waals surface area contributed by atoms with Crippen LogP contribution in [0.5, 0.6) is 0 Å². The Labute approximate surface area is 107 Å². The lowest BCUT2D eigenvalue weighted by Crippen LogP contribution is -2.28. The molecule has 0 atom stereocenters. The molecule has 1 N–H and O–H groups in total. The van der Waals surface area contributed by atoms with Crippen molar-refractivity contribution in [2.75, 3.05) is 13.6 Å². The van der Waals surface area contributed by atoms with Crippen LogP contribution in [-0.4, -0.2) is 29.6 Å². The summed E-state index contributed by atoms with van der Waals surface area (Å²) in [4.78, 5) is 12.9. The molecule has 0 aromatic heterocycles. The van der Waals surface area contributed by atoms with Crippen molar-refractivity contribution in [3.05, 3.63) is 35.1 Å². The molecule has 0 saturated carbocycles. The molecule has 100 valence electrons. The van der Waals surface area contributed by atoms with Gasteiger partial charge in [-0.05, 0) is 36.2 Å². The van der Waals surface area contributed by atoms with Gasteiger partial charge in [-0.3, -0.25) is 0 Å². The molecule has 0 heterocycles. The van der Waals surface area contributed by atoms with Crippen LogP contribution in [0.3, 0.4) is 0 Å². The highest BCUT2D eigenvalue weighted by Crippen LogP contribution is 2.17. The molecule has 0 saturated heterocycles. The SMILES string of the molecule is CN(Cc1cc(F)cc(C(=O)O)c1)CC(C)(C)C. The van der Waals surface area contributed by atoms with E-state index >= 15 is 0 Å². The summed E-state index contributed by atoms with van der Waals surface area (Å²) in [6.07, 6.45) is 0. The largest absolute Gasteiger partial charge is 0.478 e. The summed E-state index contributed by atoms with van der Waals surface area (Å²) in [6.45, 7) is 7.76. The van der Waals surface area contributed by atoms with Gasteiger partial charge in [0.2, 0.25) is 0 Å². The lowest BCUT2D eigenvalue weighted by molar-refractivity contribution is 0.0696. The van der Waals surface area contributed by atoms with Gasteiger partial charge in [0, 0.05) is 13.1 Å². The second-order valence-electron chi connectivity index (χ2n) is 5.89. The first-order valence-corrected chi connectivity index (χ1v) is 5.89. The van der Waals surface area contributed by atoms with Gasteiger partial charge < -0.3 is 10.0 Å². The minimum absolute atomic E-state index is 0.00541. The van der Waals surface area contributed by atoms with Gasteiger partial charge in [-0.25, -0.2) is 9.18 Å². The first-order chi connectivity index (χ1) is 8.17. The van der Waals surface area contributed by atoms with Crippen LogP contribution in [0.1, 0.15) is 36.7 Å². The molecule has 0 spiro atoms. The third-order valence-electron chi connectivity index (χ3n) is 2.40. The van der Waals surface area contributed by atoms with E-state index in [1.54, 1.807) is 0 Å². The summed E-state index contributed by atoms with van der Waals surface area (Å²) in [5, 5.41) is 8.87. The van der Waals surface area contributed by atoms with Gasteiger partial charge in [0.1, 0.15) is 5.82 Å². The normalized spacial score (nSPS) is 11.9. The summed E-state index contributed by atoms with van der Waals surface area (Å²) in [7, 11) is 1.94. The lowest BCUT2D eigenvalue weighted by atomic mass is 9.96. The number of carboxylic acids is 1. The van der Waals surface area contributed by atoms with Crippen molar-refractivity contribution in [1.29, 1.82) is 0 Å². The Hall–Kier alpha value is -1.42. The van der Waals surface area contributed by atoms with Gasteiger partial charge in [0.15, 0.2) is 0 Å². The Balaban J connectivity index is 2.81. The number of aromatic carboxylic acids is 1. The average Bonchev–Trinajstić information content (AvgIpc) is 2.12. The standard InChI is InChI=1S/C14H20FNO2/c1-14(2,3)9-16(4)8-10-5-11(13(17)18)7-12(15)6-10/h5-7H,8-9H2,1-4H3,(H,17,18). The Kier molecular flexibility index (Phi) is 4.46. The monoisotopic (exact) mass is 253 g/mol. The fourth-order valence-electron chi connectivity index (χ4n) is 2.04. The number of carboxylic acid groups (broad SMARTS) is 1. The molecule has 0 amide bonds. The summed E-state index contributed by atoms with van der Waals surface area (Å²) in [6, 6.07) is 3.94. The molecule has 1 aromatic carbocycles. The van der Waals surface area contributed by atoms with Gasteiger partial charge in [-0.15, -0.1) is 0 Å². The maximum absolute atomic E-state index is 13.3. The number of carbonyl (C=O) groups is 1. The Morgan fingerprint density at radius 2 is 1.94 bits per heavy atom. The number of benzene rings is 1. The van der Waals surface area contributed by atoms with Gasteiger partial charge in [-0.1, -0.05) is 20.8 Å². The van der Waals surface area contributed by atoms with Gasteiger partial charge in [0.25, 0.3) is 0 Å². The number of rotatable bonds is 4. The van der Waals surface area contributed by atoms with Crippen molar-refractivity contribution in [2.24, 2.45) is 5.41 Å². The third kappa shape index (κ3) is 4.84. The molecule has 0 bridgehead atoms. The molecule has 4 heteroatoms. The molecule has 1 aromatic rings. The second-order valence-corrected chi connectivity index (χ2v) is 5.89. The van der Waals surface area contributed by atoms with Crippen LogP contribution in [0.25, 0.3) is 0 Å². The molecule has 0 radical (unpaired) electrons. The van der Waals surface area contributed by atoms with Crippen LogP contribution in [0.4, 0.5) is 4.39 Å². The minimum atomic E-state index is -1.10. The third-order valence-corrected chi connectivity index (χ3v) is 2.40. The van der Waals surface area contributed by atoms with E-state index in [0.29, 0.717) is 12.1 Å². The van der Waals surface area contributed by atoms with Gasteiger partial charge >= 0.3 is 5.97 Å². The molecular formula is C14H20FNO2. The zero-order chi connectivity index (χ0) is 13.9. The van der Waals surface area contributed by atoms with E-state index in [9.17, 15) is 9.18 Å². The minimum Gasteiger partial charge on any atom is -0.478 e. The molecule has 18 heavy (non-hydrogen) atoms. The highest BCUT2D eigenvalue weighted by molar-refractivity contribution is 5.87. The van der Waals surface area contributed by atoms with Crippen molar-refractivity contribution < 1.29 is 14.3 Å². The topological polar surface area (TPSA) is 40.5 Å². The van der Waals surface area contributed by atoms with Crippen molar-refractivity contribution in [3.63, 3.8) is 0 Å². The van der Waals surface area contributed by atoms with E-state index in [2.05, 4.69) is 25.7 Å². The zero-order valence-electron chi connectivity index (χ0n) is 11.3. The Morgan fingerprint density at radius 3 is 2.44 bits per heavy atom. The van der Waals surface area contributed by atoms with Crippen LogP contribution < -0.4 is 0 Å². The fraction of sp³-hybridized carbons (Fsp3) is 0.500. The quantitative estimate of drug-likeness (QED) is 0.896. The zero-order valence-corrected chi connectivity index (χ0v) is 11.3. The summed E-state index contributed by atoms with van der Waals surface area (Å²) >= 11 is 0. The maximum Gasteiger partial charge on any atom is 0.335 e. The van der Waals surface area contributed by atoms with E-state index in [4.69, 9.17) is 5.11 Å². The predicted octanol–water partition coefficient (Wildman–Crippen LogP) is 3.00. The smallest absolute Gasteiger partial charge is 0.335 e. The molecule has 0 aliphatic carbocycles. The Morgan fingerprint density at radius 1 is 1.33 bits per heavy atom. The number of nitrogens with zero attached hydrogens (tertiary/aromatic N) is 1. The number of hydrogen-bond donors (Lipinski definition) is 1. The fourth-order valence-corrected chi connectivity index (χ4v) is 2.04. The summed E-state index contributed by atoms with van der Waals surface area (Å²) in [5.74, 6) is -1.61. The summed E-state index contributed by atoms with van der Waals surface area (Å²) in [5.41, 5.74) is 0.825. The van der Waals surface area contributed by atoms with Crippen LogP contribution in [-0.2, 0) is 6.54 Å². The molecule has 0 fully saturated rings. The van der Waals surface area contributed by atoms with Crippen molar-refractivity contribution in [2.45, 2.75) is 27.3 Å². The maximum atomic E-state index is 13.3. The molecule has 0 aliphatic rings. The van der Waals surface area contributed by atoms with Gasteiger partial charge in [0.05, 0.1) is 5.56 Å². The van der Waals surface area contributed by atoms with Crippen molar-refractivity contribution in [3.8, 4) is 0 Å². The molecule has 0 aliphatic heterocycles. The van der Waals surface area contributed by atoms with Crippen molar-refractivity contribution >= 4 is 5.97 Å². The first kappa shape index (κ1) is 14.6. The highest BCUT2D eigenvalue weighted by atomic mass is 19.1. The van der Waals surface area contributed by atoms with E-state index < -0.39 is 11.8 Å². The average molecular weight is 253 g/mol. The summed E-state index contributed by atoms with van der Waals surface area (Å²) < 4.78 is 13.3. The van der Waals surface area contributed by atoms with Gasteiger partial charge in [-0.2, -0.15) is 0 Å². The molecule has 3 nitrogen and oxygen atoms in total. The van der Waals surface area contributed by atoms with Crippen LogP contribution >= 0.6 is 0 Å². The highest BCUT2D eigenvalue weighted by Gasteiger charge is 2.14. The van der Waals surface area contributed by atoms with Crippen LogP contribution in [0.15, 0.2) is 18.2 Å². The lowest BCUT2D eigenvalue weighted by Gasteiger charge is -2.26. The van der Waals surface area contributed by atoms with E-state index in [0.717, 1.165) is 12.6 Å². The van der Waals surface area contributed by atoms with Crippen molar-refractivity contribution in [1.82, 2.24) is 4.90 Å². The molecule has 0 unspecified atom stereocenters. The van der Waals surface area contributed by atoms with Crippen LogP contribution in [0.2, 0.25) is 0 Å².